The van der Waals surface area contributed by atoms with E-state index >= 15 is 0 Å². The van der Waals surface area contributed by atoms with Gasteiger partial charge in [0.05, 0.1) is 19.8 Å². The summed E-state index contributed by atoms with van der Waals surface area (Å²) >= 11 is 0. The minimum atomic E-state index is -4.28. The Balaban J connectivity index is 5.01. The van der Waals surface area contributed by atoms with Gasteiger partial charge in [0.2, 0.25) is 10.0 Å². The van der Waals surface area contributed by atoms with Gasteiger partial charge in [-0.3, -0.25) is 4.79 Å². The number of sulfonamides is 1. The van der Waals surface area contributed by atoms with Gasteiger partial charge in [0.15, 0.2) is 5.25 Å². The van der Waals surface area contributed by atoms with E-state index in [1.165, 1.54) is 0 Å². The molecular weight excluding hydrogens is 242 g/mol. The van der Waals surface area contributed by atoms with Crippen LogP contribution < -0.4 is 4.72 Å². The number of carbonyl (C=O) groups is 1. The smallest absolute Gasteiger partial charge is 0.323 e. The molecule has 0 amide bonds. The Bertz CT molecular complexity index is 326. The van der Waals surface area contributed by atoms with Crippen LogP contribution in [0.4, 0.5) is 0 Å². The normalized spacial score (nSPS) is 14.8. The molecule has 0 fully saturated rings. The lowest BCUT2D eigenvalue weighted by Crippen LogP contribution is -2.59. The van der Waals surface area contributed by atoms with Crippen LogP contribution in [0, 0.1) is 0 Å². The average molecular weight is 257 g/mol. The van der Waals surface area contributed by atoms with E-state index in [2.05, 4.69) is 0 Å². The van der Waals surface area contributed by atoms with Crippen LogP contribution >= 0.6 is 0 Å². The van der Waals surface area contributed by atoms with Crippen molar-refractivity contribution in [1.82, 2.24) is 4.72 Å². The lowest BCUT2D eigenvalue weighted by molar-refractivity contribution is -0.136. The summed E-state index contributed by atoms with van der Waals surface area (Å²) in [7, 11) is -4.28. The molecule has 8 nitrogen and oxygen atoms in total. The number of hydrogen-bond acceptors (Lipinski definition) is 6. The fourth-order valence-electron chi connectivity index (χ4n) is 0.770. The van der Waals surface area contributed by atoms with Crippen LogP contribution in [-0.4, -0.2) is 65.4 Å². The Hall–Kier alpha value is -0.740. The number of carboxylic acid groups (broad SMARTS) is 1. The highest BCUT2D eigenvalue weighted by Crippen LogP contribution is 2.08. The van der Waals surface area contributed by atoms with Crippen molar-refractivity contribution in [3.63, 3.8) is 0 Å². The minimum absolute atomic E-state index is 0.856. The van der Waals surface area contributed by atoms with E-state index < -0.39 is 46.6 Å². The van der Waals surface area contributed by atoms with Gasteiger partial charge in [0.1, 0.15) is 5.54 Å². The van der Waals surface area contributed by atoms with Gasteiger partial charge >= 0.3 is 5.97 Å². The highest BCUT2D eigenvalue weighted by Gasteiger charge is 2.37. The van der Waals surface area contributed by atoms with Crippen LogP contribution in [0.15, 0.2) is 0 Å². The molecule has 0 rings (SSSR count). The van der Waals surface area contributed by atoms with Gasteiger partial charge in [0, 0.05) is 0 Å². The zero-order chi connectivity index (χ0) is 13.0. The molecule has 9 heteroatoms. The van der Waals surface area contributed by atoms with Gasteiger partial charge in [0.25, 0.3) is 0 Å². The molecule has 0 bridgehead atoms. The molecule has 0 aliphatic carbocycles. The van der Waals surface area contributed by atoms with Crippen LogP contribution in [0.2, 0.25) is 0 Å². The number of aliphatic hydroxyl groups excluding tert-OH is 3. The lowest BCUT2D eigenvalue weighted by Gasteiger charge is -2.29. The highest BCUT2D eigenvalue weighted by atomic mass is 32.2. The third kappa shape index (κ3) is 3.39. The molecule has 1 atom stereocenters. The molecule has 0 spiro atoms. The van der Waals surface area contributed by atoms with E-state index in [4.69, 9.17) is 20.4 Å². The molecule has 0 aliphatic rings. The van der Waals surface area contributed by atoms with Crippen molar-refractivity contribution in [2.45, 2.75) is 17.7 Å². The molecule has 0 aromatic carbocycles. The molecule has 5 N–H and O–H groups in total. The number of rotatable bonds is 7. The van der Waals surface area contributed by atoms with Gasteiger partial charge in [-0.2, -0.15) is 0 Å². The second kappa shape index (κ2) is 5.55. The van der Waals surface area contributed by atoms with Gasteiger partial charge in [-0.1, -0.05) is 0 Å². The first-order chi connectivity index (χ1) is 7.24. The highest BCUT2D eigenvalue weighted by molar-refractivity contribution is 7.90. The molecule has 0 heterocycles. The van der Waals surface area contributed by atoms with Crippen LogP contribution in [0.5, 0.6) is 0 Å². The quantitative estimate of drug-likeness (QED) is 0.329. The summed E-state index contributed by atoms with van der Waals surface area (Å²) in [6, 6.07) is 0. The van der Waals surface area contributed by atoms with E-state index in [9.17, 15) is 13.2 Å². The number of aliphatic hydroxyl groups is 3. The third-order valence-corrected chi connectivity index (χ3v) is 3.93. The molecule has 0 saturated carbocycles. The van der Waals surface area contributed by atoms with Crippen molar-refractivity contribution in [1.29, 1.82) is 0 Å². The molecule has 16 heavy (non-hydrogen) atoms. The van der Waals surface area contributed by atoms with Crippen molar-refractivity contribution in [3.8, 4) is 0 Å². The van der Waals surface area contributed by atoms with Gasteiger partial charge < -0.3 is 20.4 Å². The Morgan fingerprint density at radius 2 is 1.62 bits per heavy atom. The van der Waals surface area contributed by atoms with Crippen molar-refractivity contribution in [2.75, 3.05) is 19.8 Å². The van der Waals surface area contributed by atoms with Crippen LogP contribution in [0.3, 0.4) is 0 Å². The van der Waals surface area contributed by atoms with Crippen LogP contribution in [0.25, 0.3) is 0 Å². The third-order valence-electron chi connectivity index (χ3n) is 2.08. The maximum Gasteiger partial charge on any atom is 0.323 e. The zero-order valence-electron chi connectivity index (χ0n) is 8.62. The monoisotopic (exact) mass is 257 g/mol. The first-order valence-corrected chi connectivity index (χ1v) is 5.87. The van der Waals surface area contributed by atoms with E-state index in [0.717, 1.165) is 6.92 Å². The van der Waals surface area contributed by atoms with Gasteiger partial charge in [-0.25, -0.2) is 13.1 Å². The zero-order valence-corrected chi connectivity index (χ0v) is 9.44. The molecule has 96 valence electrons. The average Bonchev–Trinajstić information content (AvgIpc) is 2.24. The van der Waals surface area contributed by atoms with Crippen LogP contribution in [0.1, 0.15) is 6.92 Å². The van der Waals surface area contributed by atoms with E-state index in [-0.39, 0.29) is 0 Å². The SMILES string of the molecule is CC(C(=O)O)S(=O)(=O)NC(CO)(CO)CO. The lowest BCUT2D eigenvalue weighted by atomic mass is 10.1. The molecule has 0 aromatic heterocycles. The predicted octanol–water partition coefficient (Wildman–Crippen LogP) is -2.91. The van der Waals surface area contributed by atoms with E-state index in [1.807, 2.05) is 0 Å². The Labute approximate surface area is 92.6 Å². The summed E-state index contributed by atoms with van der Waals surface area (Å²) in [6.07, 6.45) is 0. The molecule has 0 saturated heterocycles. The number of carboxylic acids is 1. The fraction of sp³-hybridized carbons (Fsp3) is 0.857. The Morgan fingerprint density at radius 3 is 1.88 bits per heavy atom. The standard InChI is InChI=1S/C7H15NO7S/c1-5(6(12)13)16(14,15)8-7(2-9,3-10)4-11/h5,8-11H,2-4H2,1H3,(H,12,13). The molecular formula is C7H15NO7S. The largest absolute Gasteiger partial charge is 0.480 e. The van der Waals surface area contributed by atoms with Crippen molar-refractivity contribution in [2.24, 2.45) is 0 Å². The maximum atomic E-state index is 11.4. The predicted molar refractivity (Wildman–Crippen MR) is 53.1 cm³/mol. The number of nitrogens with one attached hydrogen (secondary N) is 1. The first kappa shape index (κ1) is 15.3. The summed E-state index contributed by atoms with van der Waals surface area (Å²) in [4.78, 5) is 10.5. The summed E-state index contributed by atoms with van der Waals surface area (Å²) in [5, 5.41) is 33.4. The molecule has 0 aliphatic heterocycles. The topological polar surface area (TPSA) is 144 Å². The first-order valence-electron chi connectivity index (χ1n) is 4.33. The number of aliphatic carboxylic acids is 1. The number of hydrogen-bond donors (Lipinski definition) is 5. The Morgan fingerprint density at radius 1 is 1.25 bits per heavy atom. The minimum Gasteiger partial charge on any atom is -0.480 e. The summed E-state index contributed by atoms with van der Waals surface area (Å²) in [5.41, 5.74) is -1.86. The maximum absolute atomic E-state index is 11.4. The second-order valence-electron chi connectivity index (χ2n) is 3.38. The summed E-state index contributed by atoms with van der Waals surface area (Å²) in [5.74, 6) is -1.57. The molecule has 0 radical (unpaired) electrons. The Kier molecular flexibility index (Phi) is 5.29. The fourth-order valence-corrected chi connectivity index (χ4v) is 2.01. The van der Waals surface area contributed by atoms with Crippen LogP contribution in [-0.2, 0) is 14.8 Å². The molecule has 0 aromatic rings. The second-order valence-corrected chi connectivity index (χ2v) is 5.38. The summed E-state index contributed by atoms with van der Waals surface area (Å²) in [6.45, 7) is -1.63. The summed E-state index contributed by atoms with van der Waals surface area (Å²) < 4.78 is 24.7. The van der Waals surface area contributed by atoms with Crippen molar-refractivity contribution in [3.05, 3.63) is 0 Å². The van der Waals surface area contributed by atoms with Crippen molar-refractivity contribution >= 4 is 16.0 Å². The van der Waals surface area contributed by atoms with E-state index in [1.54, 1.807) is 4.72 Å². The van der Waals surface area contributed by atoms with Crippen molar-refractivity contribution < 1.29 is 33.6 Å². The van der Waals surface area contributed by atoms with Gasteiger partial charge in [-0.05, 0) is 6.92 Å². The van der Waals surface area contributed by atoms with Gasteiger partial charge in [-0.15, -0.1) is 0 Å². The molecule has 1 unspecified atom stereocenters. The van der Waals surface area contributed by atoms with E-state index in [0.29, 0.717) is 0 Å².